The Hall–Kier alpha value is -6.56. The van der Waals surface area contributed by atoms with E-state index in [-0.39, 0.29) is 71.8 Å². The molecule has 7 aromatic rings. The third-order valence-corrected chi connectivity index (χ3v) is 14.1. The Bertz CT molecular complexity index is 3260. The molecule has 4 aromatic carbocycles. The summed E-state index contributed by atoms with van der Waals surface area (Å²) < 4.78 is 28.0. The summed E-state index contributed by atoms with van der Waals surface area (Å²) in [5.74, 6) is 6.61. The molecule has 12 nitrogen and oxygen atoms in total. The van der Waals surface area contributed by atoms with Gasteiger partial charge in [-0.25, -0.2) is 29.9 Å². The highest BCUT2D eigenvalue weighted by molar-refractivity contribution is 6.11. The molecule has 9 rings (SSSR count). The maximum atomic E-state index is 7.02. The van der Waals surface area contributed by atoms with Crippen molar-refractivity contribution in [3.05, 3.63) is 72.8 Å². The fraction of sp³-hybridized carbons (Fsp3) is 0.467. The van der Waals surface area contributed by atoms with Crippen LogP contribution in [0.5, 0.6) is 23.0 Å². The average Bonchev–Trinajstić information content (AvgIpc) is 4.06. The Kier molecular flexibility index (Phi) is 14.1. The lowest BCUT2D eigenvalue weighted by atomic mass is 9.96. The largest absolute Gasteiger partial charge is 0.489 e. The molecule has 72 heavy (non-hydrogen) atoms. The molecule has 2 aliphatic rings. The first kappa shape index (κ1) is 50.4. The van der Waals surface area contributed by atoms with Crippen LogP contribution in [0.1, 0.15) is 111 Å². The van der Waals surface area contributed by atoms with Crippen molar-refractivity contribution in [3.63, 3.8) is 0 Å². The van der Waals surface area contributed by atoms with Crippen LogP contribution in [0.3, 0.4) is 0 Å². The van der Waals surface area contributed by atoms with Crippen LogP contribution in [0.15, 0.2) is 72.8 Å². The van der Waals surface area contributed by atoms with E-state index in [1.807, 2.05) is 60.7 Å². The van der Waals surface area contributed by atoms with Gasteiger partial charge in [-0.05, 0) is 71.6 Å². The van der Waals surface area contributed by atoms with E-state index < -0.39 is 0 Å². The lowest BCUT2D eigenvalue weighted by Gasteiger charge is -2.27. The fourth-order valence-corrected chi connectivity index (χ4v) is 11.0. The quantitative estimate of drug-likeness (QED) is 0.0959. The Morgan fingerprint density at radius 1 is 0.306 bits per heavy atom. The lowest BCUT2D eigenvalue weighted by molar-refractivity contribution is 0.106. The van der Waals surface area contributed by atoms with E-state index in [0.717, 1.165) is 43.8 Å². The Labute approximate surface area is 425 Å². The van der Waals surface area contributed by atoms with Crippen LogP contribution in [-0.2, 0) is 0 Å². The van der Waals surface area contributed by atoms with Crippen LogP contribution in [-0.4, -0.2) is 64.3 Å². The van der Waals surface area contributed by atoms with Crippen LogP contribution in [0.25, 0.3) is 89.7 Å². The number of ether oxygens (including phenoxy) is 4. The summed E-state index contributed by atoms with van der Waals surface area (Å²) in [7, 11) is 0. The van der Waals surface area contributed by atoms with Gasteiger partial charge in [-0.2, -0.15) is 0 Å². The monoisotopic (exact) mass is 971 g/mol. The lowest BCUT2D eigenvalue weighted by Crippen LogP contribution is -2.29. The van der Waals surface area contributed by atoms with Crippen molar-refractivity contribution in [1.82, 2.24) is 39.9 Å². The van der Waals surface area contributed by atoms with Gasteiger partial charge in [-0.15, -0.1) is 0 Å². The molecule has 0 aliphatic carbocycles. The van der Waals surface area contributed by atoms with E-state index in [1.165, 1.54) is 0 Å². The molecule has 3 aromatic heterocycles. The minimum atomic E-state index is -0.0721. The Balaban J connectivity index is 1.45. The molecule has 12 heteroatoms. The molecule has 0 spiro atoms. The SMILES string of the molecule is CC(C)C(Oc1cccc2c1-c1nc3nc(nc4[nH]c(nc5[nH]c(nc-2n1)c1c(OC(C(C)C)C(C)C)cccc51)c1c(OC(C(C)C)C(C)C)cccc41)-c1c(OC(C(C)C)C(C)C)cccc1-3)C(C)C. The second-order valence-electron chi connectivity index (χ2n) is 22.6. The maximum absolute atomic E-state index is 7.02. The van der Waals surface area contributed by atoms with Gasteiger partial charge in [0.2, 0.25) is 0 Å². The third kappa shape index (κ3) is 9.49. The van der Waals surface area contributed by atoms with Crippen LogP contribution in [0.4, 0.5) is 0 Å². The molecule has 8 bridgehead atoms. The minimum absolute atomic E-state index is 0.0600. The van der Waals surface area contributed by atoms with Gasteiger partial charge >= 0.3 is 0 Å². The number of hydrogen-bond acceptors (Lipinski definition) is 10. The third-order valence-electron chi connectivity index (χ3n) is 14.1. The molecular formula is C60H74N8O4. The van der Waals surface area contributed by atoms with E-state index in [0.29, 0.717) is 68.9 Å². The maximum Gasteiger partial charge on any atom is 0.168 e. The van der Waals surface area contributed by atoms with Gasteiger partial charge in [0.15, 0.2) is 23.3 Å². The van der Waals surface area contributed by atoms with Crippen molar-refractivity contribution in [2.24, 2.45) is 47.3 Å². The van der Waals surface area contributed by atoms with E-state index in [4.69, 9.17) is 48.9 Å². The topological polar surface area (TPSA) is 146 Å². The number of rotatable bonds is 16. The van der Waals surface area contributed by atoms with Crippen molar-refractivity contribution in [3.8, 4) is 68.5 Å². The Morgan fingerprint density at radius 3 is 0.986 bits per heavy atom. The van der Waals surface area contributed by atoms with Gasteiger partial charge in [0.1, 0.15) is 70.0 Å². The van der Waals surface area contributed by atoms with Gasteiger partial charge in [0.25, 0.3) is 0 Å². The van der Waals surface area contributed by atoms with Gasteiger partial charge < -0.3 is 28.9 Å². The van der Waals surface area contributed by atoms with Crippen molar-refractivity contribution < 1.29 is 18.9 Å². The summed E-state index contributed by atoms with van der Waals surface area (Å²) in [5.41, 5.74) is 5.36. The van der Waals surface area contributed by atoms with Crippen molar-refractivity contribution in [2.75, 3.05) is 0 Å². The van der Waals surface area contributed by atoms with Crippen molar-refractivity contribution in [1.29, 1.82) is 0 Å². The summed E-state index contributed by atoms with van der Waals surface area (Å²) in [6.07, 6.45) is -0.264. The summed E-state index contributed by atoms with van der Waals surface area (Å²) in [4.78, 5) is 39.8. The zero-order chi connectivity index (χ0) is 51.4. The molecule has 0 amide bonds. The highest BCUT2D eigenvalue weighted by Crippen LogP contribution is 2.46. The fourth-order valence-electron chi connectivity index (χ4n) is 11.0. The summed E-state index contributed by atoms with van der Waals surface area (Å²) in [5, 5.41) is 3.27. The normalized spacial score (nSPS) is 12.8. The smallest absolute Gasteiger partial charge is 0.168 e. The van der Waals surface area contributed by atoms with E-state index in [1.54, 1.807) is 0 Å². The number of fused-ring (bicyclic) bond motifs is 20. The van der Waals surface area contributed by atoms with Gasteiger partial charge in [-0.1, -0.05) is 159 Å². The van der Waals surface area contributed by atoms with Gasteiger partial charge in [0, 0.05) is 21.9 Å². The van der Waals surface area contributed by atoms with E-state index >= 15 is 0 Å². The molecule has 378 valence electrons. The molecule has 0 unspecified atom stereocenters. The highest BCUT2D eigenvalue weighted by Gasteiger charge is 2.32. The van der Waals surface area contributed by atoms with Crippen LogP contribution >= 0.6 is 0 Å². The van der Waals surface area contributed by atoms with Crippen molar-refractivity contribution in [2.45, 2.75) is 135 Å². The zero-order valence-electron chi connectivity index (χ0n) is 45.2. The molecule has 0 atom stereocenters. The highest BCUT2D eigenvalue weighted by atomic mass is 16.5. The number of benzene rings is 4. The van der Waals surface area contributed by atoms with Crippen LogP contribution < -0.4 is 18.9 Å². The zero-order valence-corrected chi connectivity index (χ0v) is 45.2. The predicted octanol–water partition coefficient (Wildman–Crippen LogP) is 15.1. The number of hydrogen-bond donors (Lipinski definition) is 2. The standard InChI is InChI=1S/C60H74N8O4/c1-29(2)49(30(3)4)69-41-25-17-21-37-45(41)57-61-53(37)66-58-47-39(23-19-27-43(47)71-51(33(9)10)34(11)12)55(63-58)68-60-48-40(24-20-28-44(48)72-52(35(13)14)36(15)16)56(64-60)67-59-46-38(54(62-59)65-57)22-18-26-42(46)70-50(31(5)6)32(7)8/h17-36,49-52H,1-16H3,(H2,61,62,63,64,65,66,67,68). The first-order valence-electron chi connectivity index (χ1n) is 26.3. The molecule has 0 radical (unpaired) electrons. The molecular weight excluding hydrogens is 897 g/mol. The minimum Gasteiger partial charge on any atom is -0.489 e. The summed E-state index contributed by atoms with van der Waals surface area (Å²) >= 11 is 0. The van der Waals surface area contributed by atoms with E-state index in [2.05, 4.69) is 133 Å². The number of aromatic nitrogens is 8. The molecule has 0 saturated heterocycles. The number of nitrogens with one attached hydrogen (secondary N) is 2. The Morgan fingerprint density at radius 2 is 0.597 bits per heavy atom. The molecule has 2 aliphatic heterocycles. The molecule has 0 saturated carbocycles. The van der Waals surface area contributed by atoms with Crippen molar-refractivity contribution >= 4 is 44.1 Å². The van der Waals surface area contributed by atoms with E-state index in [9.17, 15) is 0 Å². The van der Waals surface area contributed by atoms with Crippen LogP contribution in [0, 0.1) is 47.3 Å². The first-order chi connectivity index (χ1) is 34.3. The van der Waals surface area contributed by atoms with Crippen LogP contribution in [0.2, 0.25) is 0 Å². The second kappa shape index (κ2) is 20.2. The molecule has 0 fully saturated rings. The predicted molar refractivity (Wildman–Crippen MR) is 292 cm³/mol. The number of aromatic amines is 2. The average molecular weight is 971 g/mol. The number of nitrogens with zero attached hydrogens (tertiary/aromatic N) is 6. The van der Waals surface area contributed by atoms with Gasteiger partial charge in [0.05, 0.1) is 21.9 Å². The molecule has 5 heterocycles. The van der Waals surface area contributed by atoms with Gasteiger partial charge in [-0.3, -0.25) is 0 Å². The summed E-state index contributed by atoms with van der Waals surface area (Å²) in [6, 6.07) is 24.3. The summed E-state index contributed by atoms with van der Waals surface area (Å²) in [6.45, 7) is 35.2. The second-order valence-corrected chi connectivity index (χ2v) is 22.6. The molecule has 2 N–H and O–H groups in total. The first-order valence-corrected chi connectivity index (χ1v) is 26.3. The number of H-pyrrole nitrogens is 2.